The minimum atomic E-state index is 0.645. The number of anilines is 1. The van der Waals surface area contributed by atoms with Crippen LogP contribution in [0, 0.1) is 11.3 Å². The quantitative estimate of drug-likeness (QED) is 0.647. The zero-order chi connectivity index (χ0) is 17.6. The number of aliphatic imine (C=N–C) groups is 1. The first-order valence-electron chi connectivity index (χ1n) is 8.09. The predicted octanol–water partition coefficient (Wildman–Crippen LogP) is 4.79. The van der Waals surface area contributed by atoms with Crippen molar-refractivity contribution in [3.63, 3.8) is 0 Å². The summed E-state index contributed by atoms with van der Waals surface area (Å²) in [6, 6.07) is 27.9. The zero-order valence-corrected chi connectivity index (χ0v) is 14.3. The molecule has 0 spiro atoms. The summed E-state index contributed by atoms with van der Waals surface area (Å²) in [6.45, 7) is 0. The molecular formula is C22H19N3. The van der Waals surface area contributed by atoms with Crippen molar-refractivity contribution in [3.05, 3.63) is 95.6 Å². The molecule has 0 unspecified atom stereocenters. The Labute approximate surface area is 148 Å². The van der Waals surface area contributed by atoms with Gasteiger partial charge in [0.1, 0.15) is 0 Å². The lowest BCUT2D eigenvalue weighted by Gasteiger charge is -2.12. The second kappa shape index (κ2) is 7.46. The van der Waals surface area contributed by atoms with Crippen LogP contribution < -0.4 is 4.90 Å². The molecule has 0 aliphatic heterocycles. The van der Waals surface area contributed by atoms with Crippen LogP contribution in [-0.2, 0) is 0 Å². The molecule has 3 nitrogen and oxygen atoms in total. The van der Waals surface area contributed by atoms with Gasteiger partial charge in [0.15, 0.2) is 0 Å². The van der Waals surface area contributed by atoms with Gasteiger partial charge in [-0.25, -0.2) is 4.99 Å². The molecule has 0 radical (unpaired) electrons. The van der Waals surface area contributed by atoms with Gasteiger partial charge in [-0.2, -0.15) is 5.26 Å². The van der Waals surface area contributed by atoms with Crippen LogP contribution in [0.4, 0.5) is 11.4 Å². The van der Waals surface area contributed by atoms with Crippen LogP contribution in [-0.4, -0.2) is 19.8 Å². The van der Waals surface area contributed by atoms with E-state index in [0.29, 0.717) is 5.56 Å². The zero-order valence-electron chi connectivity index (χ0n) is 14.3. The third kappa shape index (κ3) is 3.94. The molecule has 0 saturated heterocycles. The van der Waals surface area contributed by atoms with Crippen LogP contribution in [0.3, 0.4) is 0 Å². The highest BCUT2D eigenvalue weighted by molar-refractivity contribution is 6.14. The van der Waals surface area contributed by atoms with E-state index in [0.717, 1.165) is 28.2 Å². The molecule has 122 valence electrons. The van der Waals surface area contributed by atoms with Gasteiger partial charge in [-0.1, -0.05) is 42.5 Å². The van der Waals surface area contributed by atoms with Crippen molar-refractivity contribution in [2.75, 3.05) is 19.0 Å². The van der Waals surface area contributed by atoms with Crippen molar-refractivity contribution >= 4 is 17.1 Å². The highest BCUT2D eigenvalue weighted by Gasteiger charge is 2.07. The van der Waals surface area contributed by atoms with Crippen molar-refractivity contribution in [1.82, 2.24) is 0 Å². The Kier molecular flexibility index (Phi) is 4.92. The summed E-state index contributed by atoms with van der Waals surface area (Å²) in [5.41, 5.74) is 5.60. The van der Waals surface area contributed by atoms with Crippen LogP contribution in [0.15, 0.2) is 83.9 Å². The summed E-state index contributed by atoms with van der Waals surface area (Å²) in [4.78, 5) is 6.93. The van der Waals surface area contributed by atoms with E-state index in [9.17, 15) is 0 Å². The van der Waals surface area contributed by atoms with Gasteiger partial charge in [0, 0.05) is 30.9 Å². The minimum Gasteiger partial charge on any atom is -0.378 e. The SMILES string of the molecule is CN(C)c1ccc(N=C(c2ccccc2)c2ccc(C#N)cc2)cc1. The van der Waals surface area contributed by atoms with Gasteiger partial charge in [0.05, 0.1) is 23.0 Å². The maximum atomic E-state index is 9.01. The van der Waals surface area contributed by atoms with E-state index < -0.39 is 0 Å². The smallest absolute Gasteiger partial charge is 0.0991 e. The monoisotopic (exact) mass is 325 g/mol. The number of nitriles is 1. The van der Waals surface area contributed by atoms with Gasteiger partial charge in [-0.05, 0) is 36.4 Å². The maximum Gasteiger partial charge on any atom is 0.0991 e. The van der Waals surface area contributed by atoms with E-state index in [1.54, 1.807) is 0 Å². The van der Waals surface area contributed by atoms with Gasteiger partial charge in [-0.15, -0.1) is 0 Å². The molecule has 0 saturated carbocycles. The summed E-state index contributed by atoms with van der Waals surface area (Å²) in [7, 11) is 4.04. The third-order valence-corrected chi connectivity index (χ3v) is 3.94. The molecule has 3 aromatic rings. The summed E-state index contributed by atoms with van der Waals surface area (Å²) in [5, 5.41) is 9.01. The van der Waals surface area contributed by atoms with Gasteiger partial charge < -0.3 is 4.90 Å². The van der Waals surface area contributed by atoms with E-state index in [1.165, 1.54) is 0 Å². The highest BCUT2D eigenvalue weighted by atomic mass is 15.1. The lowest BCUT2D eigenvalue weighted by atomic mass is 10.0. The summed E-state index contributed by atoms with van der Waals surface area (Å²) in [6.07, 6.45) is 0. The lowest BCUT2D eigenvalue weighted by molar-refractivity contribution is 1.13. The first kappa shape index (κ1) is 16.5. The van der Waals surface area contributed by atoms with E-state index >= 15 is 0 Å². The Bertz CT molecular complexity index is 900. The molecule has 0 aliphatic rings. The molecule has 0 aliphatic carbocycles. The fourth-order valence-corrected chi connectivity index (χ4v) is 2.55. The van der Waals surface area contributed by atoms with Gasteiger partial charge in [0.25, 0.3) is 0 Å². The van der Waals surface area contributed by atoms with Crippen LogP contribution in [0.25, 0.3) is 0 Å². The Balaban J connectivity index is 2.05. The van der Waals surface area contributed by atoms with Crippen LogP contribution in [0.5, 0.6) is 0 Å². The van der Waals surface area contributed by atoms with Crippen molar-refractivity contribution in [2.45, 2.75) is 0 Å². The normalized spacial score (nSPS) is 11.0. The summed E-state index contributed by atoms with van der Waals surface area (Å²) in [5.74, 6) is 0. The van der Waals surface area contributed by atoms with E-state index in [-0.39, 0.29) is 0 Å². The van der Waals surface area contributed by atoms with Crippen molar-refractivity contribution in [2.24, 2.45) is 4.99 Å². The standard InChI is InChI=1S/C22H19N3/c1-25(2)21-14-12-20(13-15-21)24-22(18-6-4-3-5-7-18)19-10-8-17(16-23)9-11-19/h3-15H,1-2H3. The molecule has 0 bridgehead atoms. The fraction of sp³-hybridized carbons (Fsp3) is 0.0909. The van der Waals surface area contributed by atoms with E-state index in [1.807, 2.05) is 80.8 Å². The lowest BCUT2D eigenvalue weighted by Crippen LogP contribution is -2.07. The van der Waals surface area contributed by atoms with Gasteiger partial charge in [-0.3, -0.25) is 0 Å². The summed E-state index contributed by atoms with van der Waals surface area (Å²) < 4.78 is 0. The Morgan fingerprint density at radius 1 is 0.800 bits per heavy atom. The average molecular weight is 325 g/mol. The van der Waals surface area contributed by atoms with Crippen LogP contribution >= 0.6 is 0 Å². The second-order valence-corrected chi connectivity index (χ2v) is 5.93. The molecule has 25 heavy (non-hydrogen) atoms. The molecule has 0 aromatic heterocycles. The Morgan fingerprint density at radius 2 is 1.40 bits per heavy atom. The predicted molar refractivity (Wildman–Crippen MR) is 104 cm³/mol. The number of hydrogen-bond donors (Lipinski definition) is 0. The highest BCUT2D eigenvalue weighted by Crippen LogP contribution is 2.21. The van der Waals surface area contributed by atoms with E-state index in [2.05, 4.69) is 23.1 Å². The Hall–Kier alpha value is -3.38. The fourth-order valence-electron chi connectivity index (χ4n) is 2.55. The first-order valence-corrected chi connectivity index (χ1v) is 8.09. The van der Waals surface area contributed by atoms with Gasteiger partial charge >= 0.3 is 0 Å². The first-order chi connectivity index (χ1) is 12.2. The maximum absolute atomic E-state index is 9.01. The van der Waals surface area contributed by atoms with Crippen LogP contribution in [0.1, 0.15) is 16.7 Å². The molecule has 0 amide bonds. The minimum absolute atomic E-state index is 0.645. The number of rotatable bonds is 4. The molecule has 3 aromatic carbocycles. The van der Waals surface area contributed by atoms with Crippen LogP contribution in [0.2, 0.25) is 0 Å². The second-order valence-electron chi connectivity index (χ2n) is 5.93. The molecule has 0 atom stereocenters. The number of nitrogens with zero attached hydrogens (tertiary/aromatic N) is 3. The molecule has 3 rings (SSSR count). The topological polar surface area (TPSA) is 39.4 Å². The van der Waals surface area contributed by atoms with E-state index in [4.69, 9.17) is 10.3 Å². The molecule has 0 fully saturated rings. The largest absolute Gasteiger partial charge is 0.378 e. The van der Waals surface area contributed by atoms with Crippen molar-refractivity contribution < 1.29 is 0 Å². The van der Waals surface area contributed by atoms with Crippen molar-refractivity contribution in [3.8, 4) is 6.07 Å². The van der Waals surface area contributed by atoms with Gasteiger partial charge in [0.2, 0.25) is 0 Å². The molecule has 0 heterocycles. The summed E-state index contributed by atoms with van der Waals surface area (Å²) >= 11 is 0. The molecular weight excluding hydrogens is 306 g/mol. The molecule has 0 N–H and O–H groups in total. The molecule has 3 heteroatoms. The third-order valence-electron chi connectivity index (χ3n) is 3.94. The Morgan fingerprint density at radius 3 is 1.96 bits per heavy atom. The number of hydrogen-bond acceptors (Lipinski definition) is 3. The number of benzene rings is 3. The van der Waals surface area contributed by atoms with Crippen molar-refractivity contribution in [1.29, 1.82) is 5.26 Å². The average Bonchev–Trinajstić information content (AvgIpc) is 2.67.